The molecular weight excluding hydrogens is 1100 g/mol. The van der Waals surface area contributed by atoms with Crippen LogP contribution in [0.25, 0.3) is 0 Å². The largest absolute Gasteiger partial charge is 0.467 e. The smallest absolute Gasteiger partial charge is 0.328 e. The minimum atomic E-state index is -2.09. The molecule has 0 unspecified atom stereocenters. The van der Waals surface area contributed by atoms with E-state index in [0.717, 1.165) is 31.9 Å². The van der Waals surface area contributed by atoms with E-state index >= 15 is 4.79 Å². The minimum Gasteiger partial charge on any atom is -0.467 e. The summed E-state index contributed by atoms with van der Waals surface area (Å²) in [4.78, 5) is 96.5. The zero-order valence-corrected chi connectivity index (χ0v) is 53.1. The molecule has 7 aliphatic rings. The van der Waals surface area contributed by atoms with Gasteiger partial charge in [-0.2, -0.15) is 0 Å². The first kappa shape index (κ1) is 68.4. The number of aliphatic hydroxyl groups excluding tert-OH is 5. The van der Waals surface area contributed by atoms with Crippen molar-refractivity contribution in [3.8, 4) is 0 Å². The highest BCUT2D eigenvalue weighted by Gasteiger charge is 2.71. The number of ether oxygens (including phenoxy) is 7. The van der Waals surface area contributed by atoms with Crippen LogP contribution in [0.15, 0.2) is 11.6 Å². The highest BCUT2D eigenvalue weighted by atomic mass is 16.8. The van der Waals surface area contributed by atoms with Crippen molar-refractivity contribution in [2.45, 2.75) is 253 Å². The number of allylic oxidation sites excluding steroid dienone is 2. The average Bonchev–Trinajstić information content (AvgIpc) is 0.720. The summed E-state index contributed by atoms with van der Waals surface area (Å²) >= 11 is 0. The fourth-order valence-electron chi connectivity index (χ4n) is 16.7. The van der Waals surface area contributed by atoms with Gasteiger partial charge in [-0.25, -0.2) is 14.4 Å². The number of hydrogen-bond acceptors (Lipinski definition) is 19. The summed E-state index contributed by atoms with van der Waals surface area (Å²) in [7, 11) is 3.64. The molecule has 0 aromatic rings. The van der Waals surface area contributed by atoms with Crippen molar-refractivity contribution in [1.29, 1.82) is 0 Å². The Hall–Kier alpha value is -4.13. The van der Waals surface area contributed by atoms with Gasteiger partial charge in [-0.1, -0.05) is 95.6 Å². The summed E-state index contributed by atoms with van der Waals surface area (Å²) in [6.07, 6.45) is -12.0. The maximum atomic E-state index is 15.5. The van der Waals surface area contributed by atoms with E-state index in [9.17, 15) is 54.3 Å². The van der Waals surface area contributed by atoms with Crippen molar-refractivity contribution < 1.29 is 92.3 Å². The van der Waals surface area contributed by atoms with Crippen LogP contribution in [0.5, 0.6) is 0 Å². The minimum absolute atomic E-state index is 0.0462. The van der Waals surface area contributed by atoms with E-state index in [1.165, 1.54) is 14.2 Å². The number of nitrogens with one attached hydrogen (secondary N) is 3. The number of methoxy groups -OCH3 is 3. The molecule has 5 aliphatic carbocycles. The normalized spacial score (nSPS) is 40.7. The Kier molecular flexibility index (Phi) is 20.7. The number of hydrogen-bond donors (Lipinski definition) is 8. The molecule has 0 bridgehead atoms. The molecule has 2 heterocycles. The molecule has 0 spiro atoms. The molecule has 22 atom stereocenters. The number of rotatable bonds is 19. The van der Waals surface area contributed by atoms with Crippen molar-refractivity contribution in [3.05, 3.63) is 11.6 Å². The number of amides is 3. The molecule has 22 nitrogen and oxygen atoms in total. The summed E-state index contributed by atoms with van der Waals surface area (Å²) < 4.78 is 40.4. The Balaban J connectivity index is 1.19. The molecular formula is C63H101N3O19. The zero-order valence-electron chi connectivity index (χ0n) is 53.1. The van der Waals surface area contributed by atoms with Crippen LogP contribution in [0.3, 0.4) is 0 Å². The van der Waals surface area contributed by atoms with Gasteiger partial charge in [-0.05, 0) is 140 Å². The standard InChI is InChI=1S/C63H101N3O19/c1-30(2)25-35(52(75)79-14)64-50(73)46-42(69)41(68)45(72)55(83-46)85-48-44(71)43(70)47(51(74)65-36(26-31(3)4)53(76)80-15)84-56(48)82-40-18-19-61(11)39(58(40,7)8)17-20-63(13)49(61)38(67)28-33-34-29-60(10,22-21-59(34,9)23-24-62(33,63)12)57(78)66-37(27-32(5)6)54(77)81-16/h28,30-32,34-37,39-49,55-56,68-72H,17-27,29H2,1-16H3,(H,64,73)(H,65,74)(H,66,78)/t34-,35+,36+,37+,39-,40-,41-,42-,43-,44-,45+,46-,47-,48+,49+,55-,56-,59+,60-,61-,62+,63+/m0/s1. The molecule has 8 N–H and O–H groups in total. The first-order valence-corrected chi connectivity index (χ1v) is 30.9. The van der Waals surface area contributed by atoms with Gasteiger partial charge in [0, 0.05) is 11.3 Å². The number of fused-ring (bicyclic) bond motifs is 7. The number of carbonyl (C=O) groups excluding carboxylic acids is 7. The van der Waals surface area contributed by atoms with E-state index in [2.05, 4.69) is 43.6 Å². The predicted molar refractivity (Wildman–Crippen MR) is 307 cm³/mol. The summed E-state index contributed by atoms with van der Waals surface area (Å²) in [6, 6.07) is -3.13. The lowest BCUT2D eigenvalue weighted by atomic mass is 9.33. The lowest BCUT2D eigenvalue weighted by molar-refractivity contribution is -0.369. The number of aliphatic hydroxyl groups is 5. The van der Waals surface area contributed by atoms with E-state index in [4.69, 9.17) is 33.2 Å². The Morgan fingerprint density at radius 2 is 1.07 bits per heavy atom. The van der Waals surface area contributed by atoms with Crippen LogP contribution in [0.1, 0.15) is 167 Å². The third-order valence-electron chi connectivity index (χ3n) is 21.8. The summed E-state index contributed by atoms with van der Waals surface area (Å²) in [6.45, 7) is 26.4. The van der Waals surface area contributed by atoms with Gasteiger partial charge in [0.15, 0.2) is 30.6 Å². The molecule has 482 valence electrons. The molecule has 2 aliphatic heterocycles. The summed E-state index contributed by atoms with van der Waals surface area (Å²) in [5.74, 6) is -4.92. The lowest BCUT2D eigenvalue weighted by Gasteiger charge is -2.70. The van der Waals surface area contributed by atoms with Gasteiger partial charge in [0.05, 0.1) is 27.4 Å². The van der Waals surface area contributed by atoms with Crippen LogP contribution in [0.4, 0.5) is 0 Å². The van der Waals surface area contributed by atoms with Crippen LogP contribution in [0, 0.1) is 68.0 Å². The van der Waals surface area contributed by atoms with E-state index in [-0.39, 0.29) is 59.5 Å². The van der Waals surface area contributed by atoms with Gasteiger partial charge >= 0.3 is 17.9 Å². The SMILES string of the molecule is COC(=O)[C@@H](CC(C)C)NC(=O)[C@H]1O[C@@H](O[C@H]2[C@@H](O[C@H]3CC[C@]4(C)[C@H]5C(=O)C=C6[C@@H]7C[C@@](C)(C(=O)N[C@H](CC(C)C)C(=O)OC)CC[C@]7(C)CC[C@@]6(C)[C@]5(C)CC[C@H]4C3(C)C)O[C@H](C(=O)N[C@H](CC(C)C)C(=O)OC)[C@@H](O)[C@@H]2O)[C@H](O)[C@@H](O)[C@@H]1O. The van der Waals surface area contributed by atoms with E-state index in [1.54, 1.807) is 0 Å². The quantitative estimate of drug-likeness (QED) is 0.0513. The summed E-state index contributed by atoms with van der Waals surface area (Å²) in [5, 5.41) is 65.8. The van der Waals surface area contributed by atoms with Gasteiger partial charge < -0.3 is 74.6 Å². The van der Waals surface area contributed by atoms with Gasteiger partial charge in [0.25, 0.3) is 11.8 Å². The monoisotopic (exact) mass is 1200 g/mol. The molecule has 7 rings (SSSR count). The van der Waals surface area contributed by atoms with E-state index < -0.39 is 148 Å². The third-order valence-corrected chi connectivity index (χ3v) is 21.8. The first-order chi connectivity index (χ1) is 39.5. The lowest BCUT2D eigenvalue weighted by Crippen LogP contribution is -2.69. The Labute approximate surface area is 501 Å². The van der Waals surface area contributed by atoms with Crippen LogP contribution < -0.4 is 16.0 Å². The van der Waals surface area contributed by atoms with E-state index in [0.29, 0.717) is 44.9 Å². The second-order valence-corrected chi connectivity index (χ2v) is 29.2. The van der Waals surface area contributed by atoms with Crippen molar-refractivity contribution in [2.24, 2.45) is 68.0 Å². The van der Waals surface area contributed by atoms with Crippen LogP contribution in [-0.2, 0) is 66.7 Å². The number of ketones is 1. The Morgan fingerprint density at radius 3 is 1.58 bits per heavy atom. The fourth-order valence-corrected chi connectivity index (χ4v) is 16.7. The maximum absolute atomic E-state index is 15.5. The predicted octanol–water partition coefficient (Wildman–Crippen LogP) is 4.10. The molecule has 22 heteroatoms. The second kappa shape index (κ2) is 25.8. The van der Waals surface area contributed by atoms with Crippen molar-refractivity contribution in [2.75, 3.05) is 21.3 Å². The zero-order chi connectivity index (χ0) is 63.4. The van der Waals surface area contributed by atoms with Gasteiger partial charge in [-0.15, -0.1) is 0 Å². The molecule has 3 amide bonds. The third kappa shape index (κ3) is 12.9. The molecule has 4 saturated carbocycles. The second-order valence-electron chi connectivity index (χ2n) is 29.2. The van der Waals surface area contributed by atoms with Gasteiger partial charge in [0.2, 0.25) is 5.91 Å². The fraction of sp³-hybridized carbons (Fsp3) is 0.857. The molecule has 0 aromatic heterocycles. The van der Waals surface area contributed by atoms with Crippen molar-refractivity contribution in [1.82, 2.24) is 16.0 Å². The molecule has 0 radical (unpaired) electrons. The first-order valence-electron chi connectivity index (χ1n) is 30.9. The molecule has 0 aromatic carbocycles. The highest BCUT2D eigenvalue weighted by molar-refractivity contribution is 5.96. The van der Waals surface area contributed by atoms with Crippen molar-refractivity contribution in [3.63, 3.8) is 0 Å². The molecule has 6 fully saturated rings. The highest BCUT2D eigenvalue weighted by Crippen LogP contribution is 2.75. The van der Waals surface area contributed by atoms with Crippen LogP contribution >= 0.6 is 0 Å². The number of esters is 3. The Morgan fingerprint density at radius 1 is 0.588 bits per heavy atom. The maximum Gasteiger partial charge on any atom is 0.328 e. The van der Waals surface area contributed by atoms with Crippen LogP contribution in [0.2, 0.25) is 0 Å². The van der Waals surface area contributed by atoms with Crippen molar-refractivity contribution >= 4 is 41.4 Å². The molecule has 85 heavy (non-hydrogen) atoms. The number of carbonyl (C=O) groups is 7. The molecule has 2 saturated heterocycles. The average molecular weight is 1200 g/mol. The van der Waals surface area contributed by atoms with Gasteiger partial charge in [0.1, 0.15) is 54.7 Å². The Bertz CT molecular complexity index is 2520. The summed E-state index contributed by atoms with van der Waals surface area (Å²) in [5.41, 5.74) is -2.14. The topological polar surface area (TPSA) is 321 Å². The van der Waals surface area contributed by atoms with Gasteiger partial charge in [-0.3, -0.25) is 19.2 Å². The van der Waals surface area contributed by atoms with E-state index in [1.807, 2.05) is 68.4 Å². The van der Waals surface area contributed by atoms with Crippen LogP contribution in [-0.4, -0.2) is 174 Å².